The fourth-order valence-electron chi connectivity index (χ4n) is 2.40. The molecule has 0 bridgehead atoms. The predicted molar refractivity (Wildman–Crippen MR) is 111 cm³/mol. The molecule has 1 aliphatic heterocycles. The minimum Gasteiger partial charge on any atom is -0.493 e. The average Bonchev–Trinajstić information content (AvgIpc) is 3.00. The van der Waals surface area contributed by atoms with E-state index in [0.29, 0.717) is 22.4 Å². The number of ether oxygens (including phenoxy) is 3. The maximum atomic E-state index is 11.7. The molecule has 3 rings (SSSR count). The van der Waals surface area contributed by atoms with Crippen molar-refractivity contribution in [2.75, 3.05) is 20.3 Å². The zero-order valence-corrected chi connectivity index (χ0v) is 16.4. The number of thiocarbonyl (C=S) groups is 1. The third-order valence-electron chi connectivity index (χ3n) is 3.70. The smallest absolute Gasteiger partial charge is 0.263 e. The number of hydrogen-bond acceptors (Lipinski definition) is 6. The first-order chi connectivity index (χ1) is 13.2. The minimum atomic E-state index is -0.152. The second-order valence-electron chi connectivity index (χ2n) is 5.62. The first-order valence-electron chi connectivity index (χ1n) is 8.39. The lowest BCUT2D eigenvalue weighted by atomic mass is 10.2. The molecule has 27 heavy (non-hydrogen) atoms. The van der Waals surface area contributed by atoms with Gasteiger partial charge < -0.3 is 19.5 Å². The molecular formula is C20H19NO4S2. The van der Waals surface area contributed by atoms with E-state index in [1.54, 1.807) is 7.11 Å². The number of hydrogen-bond donors (Lipinski definition) is 1. The van der Waals surface area contributed by atoms with Crippen LogP contribution in [0.15, 0.2) is 53.4 Å². The summed E-state index contributed by atoms with van der Waals surface area (Å²) in [6.45, 7) is 1.08. The Morgan fingerprint density at radius 2 is 1.74 bits per heavy atom. The van der Waals surface area contributed by atoms with Crippen molar-refractivity contribution in [1.82, 2.24) is 5.32 Å². The predicted octanol–water partition coefficient (Wildman–Crippen LogP) is 4.03. The number of para-hydroxylation sites is 2. The molecule has 1 saturated heterocycles. The Morgan fingerprint density at radius 1 is 1.04 bits per heavy atom. The molecule has 0 atom stereocenters. The van der Waals surface area contributed by atoms with Crippen LogP contribution in [0, 0.1) is 0 Å². The van der Waals surface area contributed by atoms with E-state index in [9.17, 15) is 4.79 Å². The SMILES string of the molecule is COc1ccccc1OCCCOc1ccc(C=C2SC(=S)NC2=O)cc1. The molecule has 1 aliphatic rings. The van der Waals surface area contributed by atoms with Gasteiger partial charge in [0.25, 0.3) is 5.91 Å². The van der Waals surface area contributed by atoms with Gasteiger partial charge in [0.1, 0.15) is 10.1 Å². The van der Waals surface area contributed by atoms with Gasteiger partial charge >= 0.3 is 0 Å². The first kappa shape index (κ1) is 19.3. The van der Waals surface area contributed by atoms with Crippen molar-refractivity contribution in [3.8, 4) is 17.2 Å². The van der Waals surface area contributed by atoms with E-state index in [-0.39, 0.29) is 5.91 Å². The van der Waals surface area contributed by atoms with Crippen LogP contribution in [-0.4, -0.2) is 30.6 Å². The maximum Gasteiger partial charge on any atom is 0.263 e. The summed E-state index contributed by atoms with van der Waals surface area (Å²) in [6, 6.07) is 15.1. The minimum absolute atomic E-state index is 0.152. The zero-order valence-electron chi connectivity index (χ0n) is 14.8. The standard InChI is InChI=1S/C20H19NO4S2/c1-23-16-5-2-3-6-17(16)25-12-4-11-24-15-9-7-14(8-10-15)13-18-19(22)21-20(26)27-18/h2-3,5-10,13H,4,11-12H2,1H3,(H,21,22,26). The van der Waals surface area contributed by atoms with Gasteiger partial charge in [-0.2, -0.15) is 0 Å². The third-order valence-corrected chi connectivity index (χ3v) is 4.87. The van der Waals surface area contributed by atoms with Crippen molar-refractivity contribution in [2.24, 2.45) is 0 Å². The molecule has 1 N–H and O–H groups in total. The van der Waals surface area contributed by atoms with E-state index >= 15 is 0 Å². The number of rotatable bonds is 8. The van der Waals surface area contributed by atoms with Crippen LogP contribution in [0.1, 0.15) is 12.0 Å². The fourth-order valence-corrected chi connectivity index (χ4v) is 3.45. The highest BCUT2D eigenvalue weighted by atomic mass is 32.2. The van der Waals surface area contributed by atoms with Gasteiger partial charge in [-0.1, -0.05) is 48.2 Å². The van der Waals surface area contributed by atoms with Crippen LogP contribution in [-0.2, 0) is 4.79 Å². The monoisotopic (exact) mass is 401 g/mol. The number of thioether (sulfide) groups is 1. The number of carbonyl (C=O) groups is 1. The van der Waals surface area contributed by atoms with Crippen LogP contribution < -0.4 is 19.5 Å². The van der Waals surface area contributed by atoms with Gasteiger partial charge in [0.15, 0.2) is 11.5 Å². The van der Waals surface area contributed by atoms with E-state index in [1.807, 2.05) is 54.6 Å². The highest BCUT2D eigenvalue weighted by Gasteiger charge is 2.21. The van der Waals surface area contributed by atoms with E-state index < -0.39 is 0 Å². The second-order valence-corrected chi connectivity index (χ2v) is 7.34. The van der Waals surface area contributed by atoms with Gasteiger partial charge in [-0.25, -0.2) is 0 Å². The first-order valence-corrected chi connectivity index (χ1v) is 9.62. The summed E-state index contributed by atoms with van der Waals surface area (Å²) in [6.07, 6.45) is 2.56. The van der Waals surface area contributed by atoms with Gasteiger partial charge in [0, 0.05) is 6.42 Å². The third kappa shape index (κ3) is 5.48. The van der Waals surface area contributed by atoms with Crippen LogP contribution in [0.25, 0.3) is 6.08 Å². The largest absolute Gasteiger partial charge is 0.493 e. The lowest BCUT2D eigenvalue weighted by Gasteiger charge is -2.11. The Bertz CT molecular complexity index is 849. The molecule has 0 radical (unpaired) electrons. The fraction of sp³-hybridized carbons (Fsp3) is 0.200. The van der Waals surface area contributed by atoms with Crippen LogP contribution in [0.3, 0.4) is 0 Å². The Kier molecular flexibility index (Phi) is 6.73. The van der Waals surface area contributed by atoms with E-state index in [4.69, 9.17) is 26.4 Å². The molecule has 1 amide bonds. The Labute approximate surface area is 167 Å². The molecule has 2 aromatic carbocycles. The highest BCUT2D eigenvalue weighted by Crippen LogP contribution is 2.27. The Hall–Kier alpha value is -2.51. The van der Waals surface area contributed by atoms with Gasteiger partial charge in [-0.15, -0.1) is 0 Å². The number of amides is 1. The molecule has 140 valence electrons. The summed E-state index contributed by atoms with van der Waals surface area (Å²) in [5.41, 5.74) is 0.921. The van der Waals surface area contributed by atoms with E-state index in [0.717, 1.165) is 29.2 Å². The molecule has 0 saturated carbocycles. The molecule has 0 unspecified atom stereocenters. The Morgan fingerprint density at radius 3 is 2.41 bits per heavy atom. The zero-order chi connectivity index (χ0) is 19.1. The van der Waals surface area contributed by atoms with E-state index in [1.165, 1.54) is 11.8 Å². The molecular weight excluding hydrogens is 382 g/mol. The van der Waals surface area contributed by atoms with Gasteiger partial charge in [-0.3, -0.25) is 4.79 Å². The normalized spacial score (nSPS) is 14.9. The van der Waals surface area contributed by atoms with Gasteiger partial charge in [0.2, 0.25) is 0 Å². The molecule has 2 aromatic rings. The molecule has 0 aliphatic carbocycles. The lowest BCUT2D eigenvalue weighted by molar-refractivity contribution is -0.115. The quantitative estimate of drug-likeness (QED) is 0.409. The van der Waals surface area contributed by atoms with Crippen molar-refractivity contribution in [2.45, 2.75) is 6.42 Å². The van der Waals surface area contributed by atoms with Crippen LogP contribution >= 0.6 is 24.0 Å². The lowest BCUT2D eigenvalue weighted by Crippen LogP contribution is -2.17. The summed E-state index contributed by atoms with van der Waals surface area (Å²) in [5, 5.41) is 2.60. The topological polar surface area (TPSA) is 56.8 Å². The van der Waals surface area contributed by atoms with Crippen molar-refractivity contribution < 1.29 is 19.0 Å². The van der Waals surface area contributed by atoms with Crippen molar-refractivity contribution >= 4 is 40.3 Å². The Balaban J connectivity index is 1.43. The van der Waals surface area contributed by atoms with Crippen molar-refractivity contribution in [1.29, 1.82) is 0 Å². The number of benzene rings is 2. The molecule has 0 aromatic heterocycles. The number of carbonyl (C=O) groups excluding carboxylic acids is 1. The van der Waals surface area contributed by atoms with Gasteiger partial charge in [0.05, 0.1) is 25.2 Å². The second kappa shape index (κ2) is 9.43. The summed E-state index contributed by atoms with van der Waals surface area (Å²) >= 11 is 6.25. The maximum absolute atomic E-state index is 11.7. The van der Waals surface area contributed by atoms with Crippen LogP contribution in [0.2, 0.25) is 0 Å². The number of methoxy groups -OCH3 is 1. The van der Waals surface area contributed by atoms with Crippen LogP contribution in [0.5, 0.6) is 17.2 Å². The molecule has 5 nitrogen and oxygen atoms in total. The summed E-state index contributed by atoms with van der Waals surface area (Å²) in [7, 11) is 1.62. The summed E-state index contributed by atoms with van der Waals surface area (Å²) in [4.78, 5) is 12.3. The number of nitrogens with one attached hydrogen (secondary N) is 1. The van der Waals surface area contributed by atoms with Gasteiger partial charge in [-0.05, 0) is 35.9 Å². The van der Waals surface area contributed by atoms with Crippen molar-refractivity contribution in [3.63, 3.8) is 0 Å². The molecule has 1 fully saturated rings. The molecule has 7 heteroatoms. The highest BCUT2D eigenvalue weighted by molar-refractivity contribution is 8.26. The summed E-state index contributed by atoms with van der Waals surface area (Å²) < 4.78 is 17.2. The van der Waals surface area contributed by atoms with Crippen LogP contribution in [0.4, 0.5) is 0 Å². The summed E-state index contributed by atoms with van der Waals surface area (Å²) in [5.74, 6) is 2.07. The molecule has 1 heterocycles. The van der Waals surface area contributed by atoms with E-state index in [2.05, 4.69) is 5.32 Å². The average molecular weight is 402 g/mol. The molecule has 0 spiro atoms. The van der Waals surface area contributed by atoms with Crippen molar-refractivity contribution in [3.05, 3.63) is 59.0 Å².